The first-order valence-electron chi connectivity index (χ1n) is 9.94. The third-order valence-corrected chi connectivity index (χ3v) is 5.19. The maximum Gasteiger partial charge on any atom is 0.269 e. The smallest absolute Gasteiger partial charge is 0.269 e. The van der Waals surface area contributed by atoms with Crippen molar-refractivity contribution in [2.75, 3.05) is 5.32 Å². The van der Waals surface area contributed by atoms with Crippen molar-refractivity contribution in [1.29, 1.82) is 0 Å². The van der Waals surface area contributed by atoms with Crippen LogP contribution in [0, 0.1) is 11.6 Å². The summed E-state index contributed by atoms with van der Waals surface area (Å²) in [6.45, 7) is 1.90. The maximum absolute atomic E-state index is 14.6. The Hall–Kier alpha value is -4.21. The fraction of sp³-hybridized carbons (Fsp3) is 0.136. The summed E-state index contributed by atoms with van der Waals surface area (Å²) in [7, 11) is 0. The first-order valence-corrected chi connectivity index (χ1v) is 9.94. The highest BCUT2D eigenvalue weighted by Crippen LogP contribution is 2.26. The van der Waals surface area contributed by atoms with Crippen LogP contribution in [0.5, 0.6) is 0 Å². The molecule has 32 heavy (non-hydrogen) atoms. The van der Waals surface area contributed by atoms with Crippen LogP contribution >= 0.6 is 0 Å². The number of aromatic amines is 1. The Morgan fingerprint density at radius 2 is 1.97 bits per heavy atom. The minimum atomic E-state index is -0.688. The first kappa shape index (κ1) is 19.7. The van der Waals surface area contributed by atoms with Crippen molar-refractivity contribution in [1.82, 2.24) is 29.5 Å². The lowest BCUT2D eigenvalue weighted by molar-refractivity contribution is 0.619. The summed E-state index contributed by atoms with van der Waals surface area (Å²) in [5.41, 5.74) is 0.911. The maximum atomic E-state index is 14.6. The van der Waals surface area contributed by atoms with Crippen molar-refractivity contribution in [2.45, 2.75) is 19.4 Å². The van der Waals surface area contributed by atoms with Gasteiger partial charge in [0.15, 0.2) is 11.5 Å². The van der Waals surface area contributed by atoms with E-state index in [4.69, 9.17) is 0 Å². The molecule has 0 bridgehead atoms. The second kappa shape index (κ2) is 7.80. The molecule has 3 heterocycles. The van der Waals surface area contributed by atoms with Crippen LogP contribution in [-0.2, 0) is 0 Å². The molecule has 2 aromatic carbocycles. The molecule has 10 heteroatoms. The Balaban J connectivity index is 1.75. The van der Waals surface area contributed by atoms with Crippen LogP contribution in [0.2, 0.25) is 0 Å². The van der Waals surface area contributed by atoms with E-state index in [1.165, 1.54) is 47.6 Å². The number of nitrogens with one attached hydrogen (secondary N) is 2. The van der Waals surface area contributed by atoms with E-state index >= 15 is 0 Å². The van der Waals surface area contributed by atoms with Gasteiger partial charge in [0.25, 0.3) is 5.56 Å². The molecule has 0 saturated heterocycles. The quantitative estimate of drug-likeness (QED) is 0.436. The standard InChI is InChI=1S/C22H17F2N7O/c1-2-15(29-20-18-19(26-10-25-18)27-11-28-20)21-30-16-8-4-7-14(24)17(16)22(32)31(21)13-6-3-5-12(23)9-13/h3-11,15H,2H2,1H3,(H2,25,26,27,28,29). The SMILES string of the molecule is CCC(Nc1ncnc2[nH]cnc12)c1nc2cccc(F)c2c(=O)n1-c1cccc(F)c1. The summed E-state index contributed by atoms with van der Waals surface area (Å²) in [6, 6.07) is 9.29. The predicted molar refractivity (Wildman–Crippen MR) is 116 cm³/mol. The van der Waals surface area contributed by atoms with Crippen LogP contribution < -0.4 is 10.9 Å². The highest BCUT2D eigenvalue weighted by atomic mass is 19.1. The van der Waals surface area contributed by atoms with Gasteiger partial charge in [-0.15, -0.1) is 0 Å². The topological polar surface area (TPSA) is 101 Å². The molecule has 5 aromatic rings. The zero-order valence-corrected chi connectivity index (χ0v) is 16.9. The van der Waals surface area contributed by atoms with Crippen LogP contribution in [-0.4, -0.2) is 29.5 Å². The van der Waals surface area contributed by atoms with E-state index in [9.17, 15) is 13.6 Å². The molecule has 1 atom stereocenters. The number of fused-ring (bicyclic) bond motifs is 2. The van der Waals surface area contributed by atoms with Gasteiger partial charge in [0.05, 0.1) is 23.6 Å². The van der Waals surface area contributed by atoms with Crippen LogP contribution in [0.1, 0.15) is 25.2 Å². The minimum absolute atomic E-state index is 0.160. The second-order valence-electron chi connectivity index (χ2n) is 7.15. The number of anilines is 1. The minimum Gasteiger partial charge on any atom is -0.358 e. The van der Waals surface area contributed by atoms with E-state index in [0.29, 0.717) is 29.2 Å². The highest BCUT2D eigenvalue weighted by molar-refractivity contribution is 5.82. The van der Waals surface area contributed by atoms with Crippen molar-refractivity contribution in [3.63, 3.8) is 0 Å². The molecule has 3 aromatic heterocycles. The summed E-state index contributed by atoms with van der Waals surface area (Å²) >= 11 is 0. The Morgan fingerprint density at radius 1 is 1.12 bits per heavy atom. The Bertz CT molecular complexity index is 1510. The summed E-state index contributed by atoms with van der Waals surface area (Å²) < 4.78 is 29.8. The zero-order chi connectivity index (χ0) is 22.2. The fourth-order valence-corrected chi connectivity index (χ4v) is 3.69. The molecule has 0 aliphatic rings. The molecule has 8 nitrogen and oxygen atoms in total. The zero-order valence-electron chi connectivity index (χ0n) is 16.9. The normalized spacial score (nSPS) is 12.3. The second-order valence-corrected chi connectivity index (χ2v) is 7.15. The molecular formula is C22H17F2N7O. The third kappa shape index (κ3) is 3.25. The van der Waals surface area contributed by atoms with Gasteiger partial charge >= 0.3 is 0 Å². The highest BCUT2D eigenvalue weighted by Gasteiger charge is 2.23. The van der Waals surface area contributed by atoms with Gasteiger partial charge in [-0.1, -0.05) is 19.1 Å². The van der Waals surface area contributed by atoms with Gasteiger partial charge in [-0.2, -0.15) is 0 Å². The number of hydrogen-bond donors (Lipinski definition) is 2. The molecular weight excluding hydrogens is 416 g/mol. The van der Waals surface area contributed by atoms with Crippen LogP contribution in [0.15, 0.2) is 59.9 Å². The Labute approximate surface area is 180 Å². The van der Waals surface area contributed by atoms with E-state index in [0.717, 1.165) is 0 Å². The Morgan fingerprint density at radius 3 is 2.78 bits per heavy atom. The van der Waals surface area contributed by atoms with Gasteiger partial charge < -0.3 is 10.3 Å². The van der Waals surface area contributed by atoms with E-state index in [-0.39, 0.29) is 16.6 Å². The van der Waals surface area contributed by atoms with Gasteiger partial charge in [-0.25, -0.2) is 28.7 Å². The van der Waals surface area contributed by atoms with Crippen molar-refractivity contribution >= 4 is 27.9 Å². The molecule has 0 amide bonds. The summed E-state index contributed by atoms with van der Waals surface area (Å²) in [5.74, 6) is -0.471. The summed E-state index contributed by atoms with van der Waals surface area (Å²) in [4.78, 5) is 33.6. The largest absolute Gasteiger partial charge is 0.358 e. The van der Waals surface area contributed by atoms with Gasteiger partial charge in [-0.3, -0.25) is 9.36 Å². The molecule has 5 rings (SSSR count). The third-order valence-electron chi connectivity index (χ3n) is 5.19. The molecule has 0 aliphatic carbocycles. The van der Waals surface area contributed by atoms with Crippen molar-refractivity contribution in [3.8, 4) is 5.69 Å². The lowest BCUT2D eigenvalue weighted by Gasteiger charge is -2.22. The average molecular weight is 433 g/mol. The number of nitrogens with zero attached hydrogens (tertiary/aromatic N) is 5. The molecule has 0 fully saturated rings. The summed E-state index contributed by atoms with van der Waals surface area (Å²) in [6.07, 6.45) is 3.39. The molecule has 0 saturated carbocycles. The molecule has 1 unspecified atom stereocenters. The number of rotatable bonds is 5. The van der Waals surface area contributed by atoms with E-state index in [1.807, 2.05) is 6.92 Å². The number of H-pyrrole nitrogens is 1. The number of aromatic nitrogens is 6. The molecule has 160 valence electrons. The van der Waals surface area contributed by atoms with Crippen molar-refractivity contribution < 1.29 is 8.78 Å². The Kier molecular flexibility index (Phi) is 4.81. The van der Waals surface area contributed by atoms with Crippen LogP contribution in [0.25, 0.3) is 27.8 Å². The lowest BCUT2D eigenvalue weighted by Crippen LogP contribution is -2.29. The fourth-order valence-electron chi connectivity index (χ4n) is 3.69. The number of imidazole rings is 1. The monoisotopic (exact) mass is 433 g/mol. The lowest BCUT2D eigenvalue weighted by atomic mass is 10.1. The van der Waals surface area contributed by atoms with Gasteiger partial charge in [0, 0.05) is 0 Å². The molecule has 0 radical (unpaired) electrons. The van der Waals surface area contributed by atoms with Gasteiger partial charge in [-0.05, 0) is 36.8 Å². The average Bonchev–Trinajstić information content (AvgIpc) is 3.27. The van der Waals surface area contributed by atoms with Gasteiger partial charge in [0.1, 0.15) is 34.7 Å². The summed E-state index contributed by atoms with van der Waals surface area (Å²) in [5, 5.41) is 3.10. The number of halogens is 2. The van der Waals surface area contributed by atoms with Crippen LogP contribution in [0.4, 0.5) is 14.6 Å². The van der Waals surface area contributed by atoms with Crippen molar-refractivity contribution in [3.05, 3.63) is 82.9 Å². The van der Waals surface area contributed by atoms with Crippen molar-refractivity contribution in [2.24, 2.45) is 0 Å². The molecule has 0 aliphatic heterocycles. The predicted octanol–water partition coefficient (Wildman–Crippen LogP) is 3.89. The number of benzene rings is 2. The first-order chi connectivity index (χ1) is 15.6. The number of hydrogen-bond acceptors (Lipinski definition) is 6. The van der Waals surface area contributed by atoms with E-state index in [2.05, 4.69) is 30.2 Å². The molecule has 2 N–H and O–H groups in total. The van der Waals surface area contributed by atoms with Gasteiger partial charge in [0.2, 0.25) is 0 Å². The van der Waals surface area contributed by atoms with E-state index in [1.54, 1.807) is 12.1 Å². The van der Waals surface area contributed by atoms with E-state index < -0.39 is 23.2 Å². The van der Waals surface area contributed by atoms with Crippen LogP contribution in [0.3, 0.4) is 0 Å². The molecule has 0 spiro atoms.